The Morgan fingerprint density at radius 3 is 2.94 bits per heavy atom. The molecule has 0 radical (unpaired) electrons. The standard InChI is InChI=1S/C13H18N4S/c1-3-8-14-9-11-10-17(16-15-11)12-6-4-5-7-13(12)18-2/h4-7,10,14H,3,8-9H2,1-2H3. The van der Waals surface area contributed by atoms with Crippen LogP contribution in [-0.2, 0) is 6.54 Å². The highest BCUT2D eigenvalue weighted by Gasteiger charge is 2.06. The predicted molar refractivity (Wildman–Crippen MR) is 75.1 cm³/mol. The van der Waals surface area contributed by atoms with E-state index in [1.807, 2.05) is 23.0 Å². The summed E-state index contributed by atoms with van der Waals surface area (Å²) in [6.07, 6.45) is 5.18. The summed E-state index contributed by atoms with van der Waals surface area (Å²) in [6.45, 7) is 3.93. The third kappa shape index (κ3) is 3.11. The van der Waals surface area contributed by atoms with E-state index < -0.39 is 0 Å². The van der Waals surface area contributed by atoms with Crippen molar-refractivity contribution in [3.63, 3.8) is 0 Å². The van der Waals surface area contributed by atoms with Gasteiger partial charge in [0.2, 0.25) is 0 Å². The molecule has 0 fully saturated rings. The Morgan fingerprint density at radius 2 is 2.17 bits per heavy atom. The number of nitrogens with one attached hydrogen (secondary N) is 1. The monoisotopic (exact) mass is 262 g/mol. The smallest absolute Gasteiger partial charge is 0.0969 e. The van der Waals surface area contributed by atoms with Gasteiger partial charge in [-0.1, -0.05) is 24.3 Å². The molecule has 96 valence electrons. The molecule has 0 aliphatic carbocycles. The van der Waals surface area contributed by atoms with Crippen LogP contribution in [0.25, 0.3) is 5.69 Å². The molecule has 18 heavy (non-hydrogen) atoms. The number of thioether (sulfide) groups is 1. The topological polar surface area (TPSA) is 42.7 Å². The van der Waals surface area contributed by atoms with Crippen LogP contribution < -0.4 is 5.32 Å². The normalized spacial score (nSPS) is 10.8. The van der Waals surface area contributed by atoms with Crippen molar-refractivity contribution in [2.75, 3.05) is 12.8 Å². The van der Waals surface area contributed by atoms with Gasteiger partial charge in [0.1, 0.15) is 0 Å². The number of hydrogen-bond donors (Lipinski definition) is 1. The first-order valence-corrected chi connectivity index (χ1v) is 7.33. The van der Waals surface area contributed by atoms with Gasteiger partial charge in [-0.2, -0.15) is 0 Å². The van der Waals surface area contributed by atoms with Gasteiger partial charge in [0.15, 0.2) is 0 Å². The van der Waals surface area contributed by atoms with Crippen LogP contribution in [0.2, 0.25) is 0 Å². The minimum absolute atomic E-state index is 0.773. The van der Waals surface area contributed by atoms with E-state index in [0.29, 0.717) is 0 Å². The maximum atomic E-state index is 4.19. The average Bonchev–Trinajstić information content (AvgIpc) is 2.88. The Bertz CT molecular complexity index is 495. The number of nitrogens with zero attached hydrogens (tertiary/aromatic N) is 3. The lowest BCUT2D eigenvalue weighted by atomic mass is 10.3. The summed E-state index contributed by atoms with van der Waals surface area (Å²) in [7, 11) is 0. The van der Waals surface area contributed by atoms with E-state index in [9.17, 15) is 0 Å². The highest BCUT2D eigenvalue weighted by molar-refractivity contribution is 7.98. The number of benzene rings is 1. The molecule has 0 atom stereocenters. The molecule has 1 N–H and O–H groups in total. The Morgan fingerprint density at radius 1 is 1.33 bits per heavy atom. The molecule has 2 aromatic rings. The molecule has 1 aromatic carbocycles. The number of para-hydroxylation sites is 1. The van der Waals surface area contributed by atoms with Crippen molar-refractivity contribution >= 4 is 11.8 Å². The second-order valence-corrected chi connectivity index (χ2v) is 4.85. The lowest BCUT2D eigenvalue weighted by Gasteiger charge is -2.05. The van der Waals surface area contributed by atoms with Gasteiger partial charge in [-0.25, -0.2) is 4.68 Å². The predicted octanol–water partition coefficient (Wildman–Crippen LogP) is 2.49. The fraction of sp³-hybridized carbons (Fsp3) is 0.385. The fourth-order valence-electron chi connectivity index (χ4n) is 1.71. The maximum absolute atomic E-state index is 4.19. The van der Waals surface area contributed by atoms with Crippen LogP contribution in [0.1, 0.15) is 19.0 Å². The van der Waals surface area contributed by atoms with Crippen LogP contribution in [0.15, 0.2) is 35.4 Å². The molecular formula is C13H18N4S. The molecular weight excluding hydrogens is 244 g/mol. The molecule has 0 bridgehead atoms. The van der Waals surface area contributed by atoms with Crippen LogP contribution in [0.5, 0.6) is 0 Å². The number of aromatic nitrogens is 3. The zero-order valence-corrected chi connectivity index (χ0v) is 11.6. The molecule has 0 saturated heterocycles. The Kier molecular flexibility index (Phi) is 4.78. The van der Waals surface area contributed by atoms with Crippen molar-refractivity contribution in [2.45, 2.75) is 24.8 Å². The number of rotatable bonds is 6. The van der Waals surface area contributed by atoms with Crippen LogP contribution in [0.3, 0.4) is 0 Å². The molecule has 4 nitrogen and oxygen atoms in total. The second kappa shape index (κ2) is 6.56. The first-order valence-electron chi connectivity index (χ1n) is 6.10. The van der Waals surface area contributed by atoms with Gasteiger partial charge in [-0.05, 0) is 31.4 Å². The molecule has 5 heteroatoms. The molecule has 1 aromatic heterocycles. The van der Waals surface area contributed by atoms with Crippen molar-refractivity contribution in [3.8, 4) is 5.69 Å². The van der Waals surface area contributed by atoms with Gasteiger partial charge < -0.3 is 5.32 Å². The summed E-state index contributed by atoms with van der Waals surface area (Å²) in [4.78, 5) is 1.20. The van der Waals surface area contributed by atoms with Crippen molar-refractivity contribution in [3.05, 3.63) is 36.2 Å². The van der Waals surface area contributed by atoms with E-state index in [2.05, 4.69) is 40.9 Å². The Labute approximate surface area is 112 Å². The summed E-state index contributed by atoms with van der Waals surface area (Å²) in [6, 6.07) is 8.21. The van der Waals surface area contributed by atoms with E-state index in [0.717, 1.165) is 30.9 Å². The maximum Gasteiger partial charge on any atom is 0.0969 e. The third-order valence-corrected chi connectivity index (χ3v) is 3.39. The first-order chi connectivity index (χ1) is 8.85. The van der Waals surface area contributed by atoms with Gasteiger partial charge in [0, 0.05) is 11.4 Å². The van der Waals surface area contributed by atoms with Crippen LogP contribution >= 0.6 is 11.8 Å². The largest absolute Gasteiger partial charge is 0.311 e. The quantitative estimate of drug-likeness (QED) is 0.641. The van der Waals surface area contributed by atoms with Crippen LogP contribution in [0.4, 0.5) is 0 Å². The Hall–Kier alpha value is -1.33. The molecule has 0 aliphatic rings. The molecule has 0 saturated carbocycles. The second-order valence-electron chi connectivity index (χ2n) is 4.00. The molecule has 0 unspecified atom stereocenters. The van der Waals surface area contributed by atoms with E-state index in [4.69, 9.17) is 0 Å². The fourth-order valence-corrected chi connectivity index (χ4v) is 2.29. The van der Waals surface area contributed by atoms with E-state index >= 15 is 0 Å². The van der Waals surface area contributed by atoms with Gasteiger partial charge in [0.05, 0.1) is 17.6 Å². The minimum atomic E-state index is 0.773. The van der Waals surface area contributed by atoms with Gasteiger partial charge in [-0.3, -0.25) is 0 Å². The zero-order chi connectivity index (χ0) is 12.8. The highest BCUT2D eigenvalue weighted by Crippen LogP contribution is 2.22. The average molecular weight is 262 g/mol. The Balaban J connectivity index is 2.13. The van der Waals surface area contributed by atoms with Crippen molar-refractivity contribution in [1.82, 2.24) is 20.3 Å². The molecule has 2 rings (SSSR count). The van der Waals surface area contributed by atoms with Crippen molar-refractivity contribution in [2.24, 2.45) is 0 Å². The van der Waals surface area contributed by atoms with Gasteiger partial charge in [-0.15, -0.1) is 16.9 Å². The van der Waals surface area contributed by atoms with Crippen molar-refractivity contribution in [1.29, 1.82) is 0 Å². The van der Waals surface area contributed by atoms with Crippen molar-refractivity contribution < 1.29 is 0 Å². The lowest BCUT2D eigenvalue weighted by molar-refractivity contribution is 0.662. The summed E-state index contributed by atoms with van der Waals surface area (Å²) in [5.74, 6) is 0. The molecule has 0 aliphatic heterocycles. The lowest BCUT2D eigenvalue weighted by Crippen LogP contribution is -2.13. The minimum Gasteiger partial charge on any atom is -0.311 e. The van der Waals surface area contributed by atoms with Crippen LogP contribution in [0, 0.1) is 0 Å². The third-order valence-electron chi connectivity index (χ3n) is 2.61. The molecule has 0 spiro atoms. The first kappa shape index (κ1) is 13.1. The molecule has 0 amide bonds. The van der Waals surface area contributed by atoms with Crippen LogP contribution in [-0.4, -0.2) is 27.8 Å². The highest BCUT2D eigenvalue weighted by atomic mass is 32.2. The summed E-state index contributed by atoms with van der Waals surface area (Å²) < 4.78 is 1.84. The van der Waals surface area contributed by atoms with E-state index in [1.54, 1.807) is 11.8 Å². The summed E-state index contributed by atoms with van der Waals surface area (Å²) in [5.41, 5.74) is 2.05. The zero-order valence-electron chi connectivity index (χ0n) is 10.8. The summed E-state index contributed by atoms with van der Waals surface area (Å²) >= 11 is 1.72. The molecule has 1 heterocycles. The van der Waals surface area contributed by atoms with E-state index in [1.165, 1.54) is 4.90 Å². The number of hydrogen-bond acceptors (Lipinski definition) is 4. The summed E-state index contributed by atoms with van der Waals surface area (Å²) in [5, 5.41) is 11.7. The SMILES string of the molecule is CCCNCc1cn(-c2ccccc2SC)nn1. The van der Waals surface area contributed by atoms with E-state index in [-0.39, 0.29) is 0 Å². The van der Waals surface area contributed by atoms with Gasteiger partial charge in [0.25, 0.3) is 0 Å². The van der Waals surface area contributed by atoms with Gasteiger partial charge >= 0.3 is 0 Å².